The highest BCUT2D eigenvalue weighted by molar-refractivity contribution is 6.42. The second-order valence-corrected chi connectivity index (χ2v) is 7.45. The molecule has 0 saturated carbocycles. The van der Waals surface area contributed by atoms with Gasteiger partial charge in [0.25, 0.3) is 0 Å². The Morgan fingerprint density at radius 2 is 1.78 bits per heavy atom. The van der Waals surface area contributed by atoms with E-state index in [9.17, 15) is 14.3 Å². The van der Waals surface area contributed by atoms with Gasteiger partial charge in [0.1, 0.15) is 18.0 Å². The van der Waals surface area contributed by atoms with Crippen LogP contribution >= 0.6 is 23.2 Å². The molecule has 2 N–H and O–H groups in total. The zero-order chi connectivity index (χ0) is 19.4. The fraction of sp³-hybridized carbons (Fsp3) is 0.350. The smallest absolute Gasteiger partial charge is 0.242 e. The molecule has 2 aromatic carbocycles. The lowest BCUT2D eigenvalue weighted by atomic mass is 10.0. The molecule has 27 heavy (non-hydrogen) atoms. The van der Waals surface area contributed by atoms with Gasteiger partial charge in [0.2, 0.25) is 5.91 Å². The summed E-state index contributed by atoms with van der Waals surface area (Å²) < 4.78 is 13.2. The van der Waals surface area contributed by atoms with Crippen molar-refractivity contribution in [2.45, 2.75) is 31.5 Å². The van der Waals surface area contributed by atoms with E-state index in [2.05, 4.69) is 5.32 Å². The molecule has 1 aliphatic rings. The lowest BCUT2D eigenvalue weighted by Gasteiger charge is -2.28. The quantitative estimate of drug-likeness (QED) is 0.757. The van der Waals surface area contributed by atoms with Gasteiger partial charge in [0.05, 0.1) is 10.0 Å². The summed E-state index contributed by atoms with van der Waals surface area (Å²) in [7, 11) is 0. The number of halogens is 3. The van der Waals surface area contributed by atoms with Crippen LogP contribution in [0.2, 0.25) is 10.0 Å². The summed E-state index contributed by atoms with van der Waals surface area (Å²) in [5, 5.41) is 14.8. The van der Waals surface area contributed by atoms with E-state index in [0.29, 0.717) is 35.2 Å². The predicted octanol–water partition coefficient (Wildman–Crippen LogP) is 3.95. The van der Waals surface area contributed by atoms with Crippen molar-refractivity contribution in [2.75, 3.05) is 13.1 Å². The predicted molar refractivity (Wildman–Crippen MR) is 104 cm³/mol. The largest absolute Gasteiger partial charge is 0.386 e. The van der Waals surface area contributed by atoms with Crippen LogP contribution in [0.25, 0.3) is 0 Å². The molecule has 1 aliphatic heterocycles. The average Bonchev–Trinajstić information content (AvgIpc) is 3.19. The van der Waals surface area contributed by atoms with Gasteiger partial charge in [-0.05, 0) is 48.2 Å². The van der Waals surface area contributed by atoms with E-state index in [1.807, 2.05) is 6.07 Å². The Labute approximate surface area is 167 Å². The van der Waals surface area contributed by atoms with Gasteiger partial charge in [0.15, 0.2) is 0 Å². The van der Waals surface area contributed by atoms with Gasteiger partial charge in [-0.1, -0.05) is 41.4 Å². The Bertz CT molecular complexity index is 795. The van der Waals surface area contributed by atoms with E-state index >= 15 is 0 Å². The molecule has 3 rings (SSSR count). The second-order valence-electron chi connectivity index (χ2n) is 6.64. The Balaban J connectivity index is 1.78. The number of hydrogen-bond donors (Lipinski definition) is 2. The monoisotopic (exact) mass is 410 g/mol. The second kappa shape index (κ2) is 9.02. The van der Waals surface area contributed by atoms with Crippen molar-refractivity contribution in [3.63, 3.8) is 0 Å². The van der Waals surface area contributed by atoms with Gasteiger partial charge in [-0.3, -0.25) is 10.1 Å². The van der Waals surface area contributed by atoms with E-state index in [1.165, 1.54) is 24.3 Å². The Morgan fingerprint density at radius 3 is 2.41 bits per heavy atom. The minimum atomic E-state index is -1.10. The highest BCUT2D eigenvalue weighted by Gasteiger charge is 2.32. The first-order chi connectivity index (χ1) is 13.0. The number of nitrogens with zero attached hydrogens (tertiary/aromatic N) is 1. The number of benzene rings is 2. The molecule has 1 fully saturated rings. The minimum absolute atomic E-state index is 0.163. The molecule has 0 aromatic heterocycles. The van der Waals surface area contributed by atoms with Gasteiger partial charge in [-0.15, -0.1) is 0 Å². The van der Waals surface area contributed by atoms with Gasteiger partial charge in [0, 0.05) is 19.6 Å². The topological polar surface area (TPSA) is 52.6 Å². The Hall–Kier alpha value is -1.66. The molecule has 1 saturated heterocycles. The maximum Gasteiger partial charge on any atom is 0.242 e. The molecular formula is C20H21Cl2FN2O2. The number of amides is 1. The normalized spacial score (nSPS) is 16.4. The Kier molecular flexibility index (Phi) is 6.71. The summed E-state index contributed by atoms with van der Waals surface area (Å²) in [5.74, 6) is -0.554. The molecule has 1 amide bonds. The highest BCUT2D eigenvalue weighted by Crippen LogP contribution is 2.24. The first kappa shape index (κ1) is 20.1. The number of aliphatic hydroxyl groups is 1. The van der Waals surface area contributed by atoms with Crippen LogP contribution in [-0.2, 0) is 11.3 Å². The van der Waals surface area contributed by atoms with Crippen molar-refractivity contribution < 1.29 is 14.3 Å². The molecular weight excluding hydrogens is 390 g/mol. The maximum atomic E-state index is 13.2. The van der Waals surface area contributed by atoms with Crippen LogP contribution in [0.4, 0.5) is 4.39 Å². The summed E-state index contributed by atoms with van der Waals surface area (Å²) in [6.07, 6.45) is 0.817. The molecule has 1 heterocycles. The fourth-order valence-corrected chi connectivity index (χ4v) is 3.52. The maximum absolute atomic E-state index is 13.2. The van der Waals surface area contributed by atoms with Crippen LogP contribution in [0.3, 0.4) is 0 Å². The number of carbonyl (C=O) groups is 1. The number of likely N-dealkylation sites (tertiary alicyclic amines) is 1. The minimum Gasteiger partial charge on any atom is -0.386 e. The highest BCUT2D eigenvalue weighted by atomic mass is 35.5. The van der Waals surface area contributed by atoms with Crippen LogP contribution in [0.1, 0.15) is 30.1 Å². The molecule has 2 unspecified atom stereocenters. The molecule has 0 aliphatic carbocycles. The summed E-state index contributed by atoms with van der Waals surface area (Å²) in [6, 6.07) is 9.90. The van der Waals surface area contributed by atoms with Crippen molar-refractivity contribution in [3.8, 4) is 0 Å². The SMILES string of the molecule is O=C(C(NCc1ccc(Cl)c(Cl)c1)C(O)c1ccc(F)cc1)N1CCCC1. The van der Waals surface area contributed by atoms with Gasteiger partial charge in [-0.25, -0.2) is 4.39 Å². The first-order valence-corrected chi connectivity index (χ1v) is 9.61. The van der Waals surface area contributed by atoms with Gasteiger partial charge in [-0.2, -0.15) is 0 Å². The van der Waals surface area contributed by atoms with Crippen LogP contribution in [0, 0.1) is 5.82 Å². The third kappa shape index (κ3) is 4.99. The number of nitrogens with one attached hydrogen (secondary N) is 1. The molecule has 0 spiro atoms. The third-order valence-electron chi connectivity index (χ3n) is 4.72. The molecule has 0 radical (unpaired) electrons. The Morgan fingerprint density at radius 1 is 1.11 bits per heavy atom. The van der Waals surface area contributed by atoms with Crippen LogP contribution in [0.15, 0.2) is 42.5 Å². The first-order valence-electron chi connectivity index (χ1n) is 8.85. The van der Waals surface area contributed by atoms with Gasteiger partial charge < -0.3 is 10.0 Å². The van der Waals surface area contributed by atoms with Crippen LogP contribution in [0.5, 0.6) is 0 Å². The van der Waals surface area contributed by atoms with Crippen molar-refractivity contribution >= 4 is 29.1 Å². The van der Waals surface area contributed by atoms with Crippen LogP contribution in [-0.4, -0.2) is 35.0 Å². The summed E-state index contributed by atoms with van der Waals surface area (Å²) in [5.41, 5.74) is 1.32. The molecule has 2 aromatic rings. The molecule has 144 valence electrons. The lowest BCUT2D eigenvalue weighted by Crippen LogP contribution is -2.48. The molecule has 7 heteroatoms. The van der Waals surface area contributed by atoms with E-state index < -0.39 is 18.0 Å². The number of carbonyl (C=O) groups excluding carboxylic acids is 1. The molecule has 4 nitrogen and oxygen atoms in total. The lowest BCUT2D eigenvalue weighted by molar-refractivity contribution is -0.135. The van der Waals surface area contributed by atoms with E-state index in [-0.39, 0.29) is 5.91 Å². The van der Waals surface area contributed by atoms with Crippen molar-refractivity contribution in [1.82, 2.24) is 10.2 Å². The van der Waals surface area contributed by atoms with Crippen molar-refractivity contribution in [1.29, 1.82) is 0 Å². The summed E-state index contributed by atoms with van der Waals surface area (Å²) >= 11 is 12.0. The fourth-order valence-electron chi connectivity index (χ4n) is 3.20. The third-order valence-corrected chi connectivity index (χ3v) is 5.46. The van der Waals surface area contributed by atoms with Gasteiger partial charge >= 0.3 is 0 Å². The van der Waals surface area contributed by atoms with Crippen molar-refractivity contribution in [3.05, 3.63) is 69.5 Å². The number of rotatable bonds is 6. The average molecular weight is 411 g/mol. The van der Waals surface area contributed by atoms with E-state index in [0.717, 1.165) is 18.4 Å². The number of hydrogen-bond acceptors (Lipinski definition) is 3. The molecule has 2 atom stereocenters. The zero-order valence-corrected chi connectivity index (χ0v) is 16.2. The van der Waals surface area contributed by atoms with Crippen molar-refractivity contribution in [2.24, 2.45) is 0 Å². The summed E-state index contributed by atoms with van der Waals surface area (Å²) in [4.78, 5) is 14.7. The molecule has 0 bridgehead atoms. The number of aliphatic hydroxyl groups excluding tert-OH is 1. The summed E-state index contributed by atoms with van der Waals surface area (Å²) in [6.45, 7) is 1.69. The van der Waals surface area contributed by atoms with Crippen LogP contribution < -0.4 is 5.32 Å². The standard InChI is InChI=1S/C20H21Cl2FN2O2/c21-16-8-3-13(11-17(16)22)12-24-18(20(27)25-9-1-2-10-25)19(26)14-4-6-15(23)7-5-14/h3-8,11,18-19,24,26H,1-2,9-10,12H2. The van der Waals surface area contributed by atoms with E-state index in [4.69, 9.17) is 23.2 Å². The zero-order valence-electron chi connectivity index (χ0n) is 14.7. The van der Waals surface area contributed by atoms with E-state index in [1.54, 1.807) is 17.0 Å².